The first kappa shape index (κ1) is 60.6. The van der Waals surface area contributed by atoms with Gasteiger partial charge in [-0.15, -0.1) is 0 Å². The van der Waals surface area contributed by atoms with Gasteiger partial charge in [0.15, 0.2) is 5.66 Å². The van der Waals surface area contributed by atoms with Crippen molar-refractivity contribution in [1.82, 2.24) is 10.6 Å². The molecule has 16 heteroatoms. The second kappa shape index (κ2) is 41.1. The average molecular weight is 930 g/mol. The van der Waals surface area contributed by atoms with Crippen LogP contribution >= 0.6 is 11.8 Å². The fraction of sp³-hybridized carbons (Fsp3) is 0.854. The van der Waals surface area contributed by atoms with E-state index in [1.807, 2.05) is 0 Å². The molecule has 0 bridgehead atoms. The van der Waals surface area contributed by atoms with Gasteiger partial charge in [-0.2, -0.15) is 11.8 Å². The van der Waals surface area contributed by atoms with Crippen LogP contribution in [0.1, 0.15) is 226 Å². The van der Waals surface area contributed by atoms with E-state index in [0.717, 1.165) is 44.9 Å². The summed E-state index contributed by atoms with van der Waals surface area (Å²) in [6, 6.07) is -1.64. The molecule has 0 aromatic heterocycles. The van der Waals surface area contributed by atoms with E-state index in [4.69, 9.17) is 20.3 Å². The first-order valence-corrected chi connectivity index (χ1v) is 25.9. The fourth-order valence-electron chi connectivity index (χ4n) is 7.23. The number of amides is 2. The molecule has 0 rings (SSSR count). The van der Waals surface area contributed by atoms with Crippen LogP contribution in [0, 0.1) is 0 Å². The van der Waals surface area contributed by atoms with Gasteiger partial charge in [0.25, 0.3) is 5.91 Å². The third kappa shape index (κ3) is 36.9. The van der Waals surface area contributed by atoms with Crippen molar-refractivity contribution in [2.45, 2.75) is 244 Å². The lowest BCUT2D eigenvalue weighted by Gasteiger charge is -2.30. The Labute approximate surface area is 388 Å². The quantitative estimate of drug-likeness (QED) is 0.0189. The molecular formula is C48H87N3O12S. The summed E-state index contributed by atoms with van der Waals surface area (Å²) in [6.45, 7) is 4.33. The smallest absolute Gasteiger partial charge is 0.326 e. The maximum absolute atomic E-state index is 13.1. The topological polar surface area (TPSA) is 249 Å². The summed E-state index contributed by atoms with van der Waals surface area (Å²) in [5, 5.41) is 32.0. The lowest BCUT2D eigenvalue weighted by molar-refractivity contribution is -0.157. The van der Waals surface area contributed by atoms with Gasteiger partial charge >= 0.3 is 29.8 Å². The molecule has 0 aromatic carbocycles. The number of carbonyl (C=O) groups is 7. The van der Waals surface area contributed by atoms with Crippen LogP contribution in [0.4, 0.5) is 0 Å². The van der Waals surface area contributed by atoms with Gasteiger partial charge in [0.2, 0.25) is 5.91 Å². The van der Waals surface area contributed by atoms with E-state index in [1.54, 1.807) is 0 Å². The number of hydrogen-bond acceptors (Lipinski definition) is 11. The summed E-state index contributed by atoms with van der Waals surface area (Å²) in [4.78, 5) is 85.5. The van der Waals surface area contributed by atoms with Crippen LogP contribution in [0.5, 0.6) is 0 Å². The highest BCUT2D eigenvalue weighted by atomic mass is 32.2. The standard InChI is InChI=1S/C48H87N3O12S/c1-3-5-7-9-11-13-15-17-19-21-23-25-27-29-44(57)62-37-39(63-45(58)30-28-26-24-22-20-18-16-14-12-10-8-6-4-2)38-64-36-34-41(52)51-48(49,35-33-43(55)56)47(61)50-40(46(59)60)31-32-42(53)54/h39-40H,3-38,49H2,1-2H3,(H,50,61)(H,51,52)(H,53,54)(H,55,56)(H,59,60)/t39-,40-,48-/m1/s1. The molecule has 0 aliphatic heterocycles. The summed E-state index contributed by atoms with van der Waals surface area (Å²) in [5.41, 5.74) is 3.84. The number of hydrogen-bond donors (Lipinski definition) is 6. The van der Waals surface area contributed by atoms with Crippen molar-refractivity contribution >= 4 is 53.4 Å². The van der Waals surface area contributed by atoms with E-state index in [1.165, 1.54) is 127 Å². The largest absolute Gasteiger partial charge is 0.481 e. The summed E-state index contributed by atoms with van der Waals surface area (Å²) in [6.07, 6.45) is 28.2. The SMILES string of the molecule is CCCCCCCCCCCCCCCC(=O)OC[C@H](CSCCC(=O)N[C@](N)(CCC(=O)O)C(=O)N[C@H](CCC(=O)O)C(=O)O)OC(=O)CCCCCCCCCCCCCCC. The second-order valence-electron chi connectivity index (χ2n) is 17.3. The molecule has 0 saturated carbocycles. The highest BCUT2D eigenvalue weighted by Gasteiger charge is 2.38. The molecule has 372 valence electrons. The number of carbonyl (C=O) groups excluding carboxylic acids is 4. The van der Waals surface area contributed by atoms with Gasteiger partial charge in [-0.3, -0.25) is 28.8 Å². The molecule has 0 saturated heterocycles. The maximum Gasteiger partial charge on any atom is 0.326 e. The number of nitrogens with one attached hydrogen (secondary N) is 2. The summed E-state index contributed by atoms with van der Waals surface area (Å²) < 4.78 is 11.3. The van der Waals surface area contributed by atoms with Gasteiger partial charge in [-0.25, -0.2) is 4.79 Å². The van der Waals surface area contributed by atoms with Crippen molar-refractivity contribution in [1.29, 1.82) is 0 Å². The zero-order valence-corrected chi connectivity index (χ0v) is 40.4. The molecule has 0 aliphatic rings. The lowest BCUT2D eigenvalue weighted by atomic mass is 10.0. The minimum atomic E-state index is -2.30. The van der Waals surface area contributed by atoms with Crippen LogP contribution in [0.2, 0.25) is 0 Å². The van der Waals surface area contributed by atoms with Gasteiger partial charge in [-0.05, 0) is 19.3 Å². The van der Waals surface area contributed by atoms with E-state index in [2.05, 4.69) is 24.5 Å². The number of unbranched alkanes of at least 4 members (excludes halogenated alkanes) is 24. The Balaban J connectivity index is 5.03. The van der Waals surface area contributed by atoms with E-state index < -0.39 is 73.2 Å². The highest BCUT2D eigenvalue weighted by Crippen LogP contribution is 2.17. The number of nitrogens with two attached hydrogens (primary N) is 1. The monoisotopic (exact) mass is 930 g/mol. The number of aliphatic carboxylic acids is 3. The minimum Gasteiger partial charge on any atom is -0.481 e. The first-order chi connectivity index (χ1) is 30.7. The minimum absolute atomic E-state index is 0.130. The molecule has 0 fully saturated rings. The van der Waals surface area contributed by atoms with E-state index in [-0.39, 0.29) is 49.3 Å². The summed E-state index contributed by atoms with van der Waals surface area (Å²) in [7, 11) is 0. The number of rotatable bonds is 46. The van der Waals surface area contributed by atoms with Crippen LogP contribution in [0.3, 0.4) is 0 Å². The van der Waals surface area contributed by atoms with Gasteiger partial charge in [0.1, 0.15) is 18.8 Å². The Kier molecular flexibility index (Phi) is 38.9. The summed E-state index contributed by atoms with van der Waals surface area (Å²) >= 11 is 1.25. The van der Waals surface area contributed by atoms with E-state index >= 15 is 0 Å². The third-order valence-electron chi connectivity index (χ3n) is 11.2. The number of carboxylic acids is 3. The van der Waals surface area contributed by atoms with Gasteiger partial charge in [-0.1, -0.05) is 168 Å². The van der Waals surface area contributed by atoms with Crippen molar-refractivity contribution in [2.75, 3.05) is 18.1 Å². The molecule has 7 N–H and O–H groups in total. The lowest BCUT2D eigenvalue weighted by Crippen LogP contribution is -2.66. The van der Waals surface area contributed by atoms with Crippen molar-refractivity contribution in [3.05, 3.63) is 0 Å². The zero-order valence-electron chi connectivity index (χ0n) is 39.6. The Morgan fingerprint density at radius 3 is 1.41 bits per heavy atom. The Morgan fingerprint density at radius 2 is 0.984 bits per heavy atom. The molecule has 64 heavy (non-hydrogen) atoms. The van der Waals surface area contributed by atoms with Crippen molar-refractivity contribution in [3.8, 4) is 0 Å². The third-order valence-corrected chi connectivity index (χ3v) is 12.3. The molecular weight excluding hydrogens is 843 g/mol. The van der Waals surface area contributed by atoms with E-state index in [0.29, 0.717) is 6.42 Å². The first-order valence-electron chi connectivity index (χ1n) is 24.7. The van der Waals surface area contributed by atoms with Gasteiger partial charge < -0.3 is 41.2 Å². The van der Waals surface area contributed by atoms with Gasteiger partial charge in [0, 0.05) is 50.0 Å². The van der Waals surface area contributed by atoms with Crippen LogP contribution in [0.25, 0.3) is 0 Å². The molecule has 15 nitrogen and oxygen atoms in total. The molecule has 0 radical (unpaired) electrons. The predicted octanol–water partition coefficient (Wildman–Crippen LogP) is 9.60. The van der Waals surface area contributed by atoms with Crippen molar-refractivity contribution < 1.29 is 58.4 Å². The number of ether oxygens (including phenoxy) is 2. The predicted molar refractivity (Wildman–Crippen MR) is 252 cm³/mol. The number of carboxylic acid groups (broad SMARTS) is 3. The van der Waals surface area contributed by atoms with Crippen LogP contribution < -0.4 is 16.4 Å². The molecule has 0 aromatic rings. The Hall–Kier alpha value is -3.40. The molecule has 3 atom stereocenters. The Bertz CT molecular complexity index is 1290. The van der Waals surface area contributed by atoms with Gasteiger partial charge in [0.05, 0.1) is 0 Å². The molecule has 2 amide bonds. The van der Waals surface area contributed by atoms with E-state index in [9.17, 15) is 43.8 Å². The molecule has 0 aliphatic carbocycles. The molecule has 0 unspecified atom stereocenters. The van der Waals surface area contributed by atoms with Crippen molar-refractivity contribution in [3.63, 3.8) is 0 Å². The highest BCUT2D eigenvalue weighted by molar-refractivity contribution is 7.99. The average Bonchev–Trinajstić information content (AvgIpc) is 3.25. The zero-order chi connectivity index (χ0) is 47.7. The van der Waals surface area contributed by atoms with Crippen LogP contribution in [0.15, 0.2) is 0 Å². The normalized spacial score (nSPS) is 13.0. The number of esters is 2. The maximum atomic E-state index is 13.1. The molecule has 0 spiro atoms. The second-order valence-corrected chi connectivity index (χ2v) is 18.5. The van der Waals surface area contributed by atoms with Crippen LogP contribution in [-0.4, -0.2) is 92.9 Å². The number of thioether (sulfide) groups is 1. The summed E-state index contributed by atoms with van der Waals surface area (Å²) in [5.74, 6) is -6.41. The van der Waals surface area contributed by atoms with Crippen molar-refractivity contribution in [2.24, 2.45) is 5.73 Å². The molecule has 0 heterocycles. The van der Waals surface area contributed by atoms with Crippen LogP contribution in [-0.2, 0) is 43.0 Å². The fourth-order valence-corrected chi connectivity index (χ4v) is 8.16. The Morgan fingerprint density at radius 1 is 0.562 bits per heavy atom.